The molecule has 1 saturated carbocycles. The molecule has 0 radical (unpaired) electrons. The molecule has 1 aromatic heterocycles. The Morgan fingerprint density at radius 2 is 1.66 bits per heavy atom. The number of aromatic nitrogens is 1. The number of pyridine rings is 1. The van der Waals surface area contributed by atoms with Crippen LogP contribution in [-0.2, 0) is 12.8 Å². The van der Waals surface area contributed by atoms with Crippen molar-refractivity contribution in [2.45, 2.75) is 63.5 Å². The molecule has 1 aliphatic carbocycles. The Kier molecular flexibility index (Phi) is 6.43. The number of rotatable bonds is 4. The third-order valence-corrected chi connectivity index (χ3v) is 8.24. The van der Waals surface area contributed by atoms with E-state index in [0.29, 0.717) is 0 Å². The fourth-order valence-corrected chi connectivity index (χ4v) is 6.19. The molecular weight excluding hydrogens is 434 g/mol. The Morgan fingerprint density at radius 3 is 2.49 bits per heavy atom. The van der Waals surface area contributed by atoms with Gasteiger partial charge in [-0.1, -0.05) is 25.0 Å². The topological polar surface area (TPSA) is 45.7 Å². The highest BCUT2D eigenvalue weighted by Crippen LogP contribution is 2.29. The van der Waals surface area contributed by atoms with Crippen molar-refractivity contribution in [3.8, 4) is 5.75 Å². The summed E-state index contributed by atoms with van der Waals surface area (Å²) in [4.78, 5) is 22.1. The fraction of sp³-hybridized carbons (Fsp3) is 0.467. The number of carbonyl (C=O) groups is 1. The Bertz CT molecular complexity index is 1200. The molecule has 6 rings (SSSR count). The number of hydrogen-bond acceptors (Lipinski definition) is 4. The maximum Gasteiger partial charge on any atom is 0.253 e. The average molecular weight is 470 g/mol. The van der Waals surface area contributed by atoms with E-state index in [9.17, 15) is 4.79 Å². The molecule has 0 atom stereocenters. The van der Waals surface area contributed by atoms with Gasteiger partial charge in [0, 0.05) is 62.2 Å². The maximum atomic E-state index is 13.1. The first-order valence-electron chi connectivity index (χ1n) is 13.4. The predicted octanol–water partition coefficient (Wildman–Crippen LogP) is 5.26. The lowest BCUT2D eigenvalue weighted by Gasteiger charge is -2.32. The minimum Gasteiger partial charge on any atom is -0.490 e. The van der Waals surface area contributed by atoms with E-state index in [4.69, 9.17) is 4.74 Å². The molecule has 2 fully saturated rings. The highest BCUT2D eigenvalue weighted by atomic mass is 16.5. The number of ether oxygens (including phenoxy) is 1. The van der Waals surface area contributed by atoms with Gasteiger partial charge in [-0.15, -0.1) is 0 Å². The van der Waals surface area contributed by atoms with Gasteiger partial charge in [0.1, 0.15) is 11.9 Å². The molecule has 0 bridgehead atoms. The highest BCUT2D eigenvalue weighted by Gasteiger charge is 2.26. The van der Waals surface area contributed by atoms with Crippen LogP contribution in [-0.4, -0.2) is 59.0 Å². The van der Waals surface area contributed by atoms with Gasteiger partial charge in [0.25, 0.3) is 5.91 Å². The second-order valence-electron chi connectivity index (χ2n) is 10.4. The summed E-state index contributed by atoms with van der Waals surface area (Å²) in [6, 6.07) is 17.2. The normalized spacial score (nSPS) is 20.1. The monoisotopic (exact) mass is 469 g/mol. The van der Waals surface area contributed by atoms with Crippen LogP contribution in [0.5, 0.6) is 5.75 Å². The van der Waals surface area contributed by atoms with Crippen molar-refractivity contribution in [1.82, 2.24) is 14.8 Å². The smallest absolute Gasteiger partial charge is 0.253 e. The molecule has 0 N–H and O–H groups in total. The highest BCUT2D eigenvalue weighted by molar-refractivity contribution is 5.98. The summed E-state index contributed by atoms with van der Waals surface area (Å²) in [5, 5.41) is 1.01. The van der Waals surface area contributed by atoms with Gasteiger partial charge in [-0.05, 0) is 73.2 Å². The predicted molar refractivity (Wildman–Crippen MR) is 139 cm³/mol. The van der Waals surface area contributed by atoms with E-state index in [1.165, 1.54) is 49.9 Å². The number of piperidine rings is 1. The van der Waals surface area contributed by atoms with Crippen LogP contribution in [0.4, 0.5) is 0 Å². The Balaban J connectivity index is 1.05. The molecule has 1 amide bonds. The summed E-state index contributed by atoms with van der Waals surface area (Å²) >= 11 is 0. The van der Waals surface area contributed by atoms with Gasteiger partial charge in [-0.2, -0.15) is 0 Å². The number of fused-ring (bicyclic) bond motifs is 2. The summed E-state index contributed by atoms with van der Waals surface area (Å²) in [7, 11) is 0. The number of likely N-dealkylation sites (tertiary alicyclic amines) is 1. The van der Waals surface area contributed by atoms with Gasteiger partial charge in [-0.25, -0.2) is 0 Å². The van der Waals surface area contributed by atoms with Gasteiger partial charge >= 0.3 is 0 Å². The minimum absolute atomic E-state index is 0.103. The Hall–Kier alpha value is -2.92. The summed E-state index contributed by atoms with van der Waals surface area (Å²) in [5.74, 6) is 1.09. The van der Waals surface area contributed by atoms with E-state index in [1.54, 1.807) is 6.20 Å². The van der Waals surface area contributed by atoms with Crippen molar-refractivity contribution in [3.05, 3.63) is 71.4 Å². The molecule has 5 heteroatoms. The van der Waals surface area contributed by atoms with Crippen molar-refractivity contribution < 1.29 is 9.53 Å². The molecular formula is C30H35N3O2. The van der Waals surface area contributed by atoms with Crippen molar-refractivity contribution >= 4 is 16.8 Å². The van der Waals surface area contributed by atoms with Crippen LogP contribution in [0.15, 0.2) is 54.7 Å². The third-order valence-electron chi connectivity index (χ3n) is 8.24. The number of carbonyl (C=O) groups excluding carboxylic acids is 1. The van der Waals surface area contributed by atoms with E-state index in [-0.39, 0.29) is 12.0 Å². The molecule has 182 valence electrons. The third kappa shape index (κ3) is 4.92. The zero-order valence-corrected chi connectivity index (χ0v) is 20.5. The quantitative estimate of drug-likeness (QED) is 0.523. The largest absolute Gasteiger partial charge is 0.490 e. The van der Waals surface area contributed by atoms with Crippen LogP contribution in [0.2, 0.25) is 0 Å². The number of nitrogens with zero attached hydrogens (tertiary/aromatic N) is 3. The lowest BCUT2D eigenvalue weighted by atomic mass is 10.0. The van der Waals surface area contributed by atoms with Crippen LogP contribution >= 0.6 is 0 Å². The van der Waals surface area contributed by atoms with Crippen molar-refractivity contribution in [1.29, 1.82) is 0 Å². The molecule has 1 saturated heterocycles. The Labute approximate surface area is 208 Å². The fourth-order valence-electron chi connectivity index (χ4n) is 6.19. The molecule has 5 nitrogen and oxygen atoms in total. The first kappa shape index (κ1) is 22.5. The summed E-state index contributed by atoms with van der Waals surface area (Å²) in [5.41, 5.74) is 4.61. The van der Waals surface area contributed by atoms with Crippen molar-refractivity contribution in [2.24, 2.45) is 0 Å². The second-order valence-corrected chi connectivity index (χ2v) is 10.4. The SMILES string of the molecule is O=C(c1ccc2ncccc2c1)N1CCC(Oc2ccc3c(c2)CCN(C2CCCC2)CC3)CC1. The van der Waals surface area contributed by atoms with Gasteiger partial charge in [0.05, 0.1) is 5.52 Å². The summed E-state index contributed by atoms with van der Waals surface area (Å²) in [6.45, 7) is 3.83. The average Bonchev–Trinajstić information content (AvgIpc) is 3.36. The van der Waals surface area contributed by atoms with Gasteiger partial charge in [0.15, 0.2) is 0 Å². The lowest BCUT2D eigenvalue weighted by molar-refractivity contribution is 0.0595. The molecule has 0 spiro atoms. The number of benzene rings is 2. The van der Waals surface area contributed by atoms with E-state index in [1.807, 2.05) is 35.2 Å². The summed E-state index contributed by atoms with van der Waals surface area (Å²) in [6.07, 6.45) is 11.5. The van der Waals surface area contributed by atoms with Crippen molar-refractivity contribution in [2.75, 3.05) is 26.2 Å². The van der Waals surface area contributed by atoms with Gasteiger partial charge in [0.2, 0.25) is 0 Å². The standard InChI is InChI=1S/C30H35N3O2/c34-30(25-8-10-29-24(20-25)4-3-15-31-29)33-18-13-27(14-19-33)35-28-9-7-22-11-16-32(17-12-23(22)21-28)26-5-1-2-6-26/h3-4,7-10,15,20-21,26-27H,1-2,5-6,11-14,16-19H2. The van der Waals surface area contributed by atoms with Gasteiger partial charge < -0.3 is 9.64 Å². The molecule has 0 unspecified atom stereocenters. The first-order valence-corrected chi connectivity index (χ1v) is 13.4. The second kappa shape index (κ2) is 9.98. The Morgan fingerprint density at radius 1 is 0.857 bits per heavy atom. The summed E-state index contributed by atoms with van der Waals surface area (Å²) < 4.78 is 6.42. The molecule has 3 heterocycles. The van der Waals surface area contributed by atoms with E-state index >= 15 is 0 Å². The van der Waals surface area contributed by atoms with Crippen LogP contribution < -0.4 is 4.74 Å². The maximum absolute atomic E-state index is 13.1. The molecule has 2 aromatic carbocycles. The van der Waals surface area contributed by atoms with Crippen LogP contribution in [0.3, 0.4) is 0 Å². The minimum atomic E-state index is 0.103. The van der Waals surface area contributed by atoms with Crippen LogP contribution in [0, 0.1) is 0 Å². The van der Waals surface area contributed by atoms with Crippen LogP contribution in [0.1, 0.15) is 60.0 Å². The molecule has 3 aliphatic rings. The van der Waals surface area contributed by atoms with E-state index in [0.717, 1.165) is 67.0 Å². The van der Waals surface area contributed by atoms with Crippen molar-refractivity contribution in [3.63, 3.8) is 0 Å². The number of hydrogen-bond donors (Lipinski definition) is 0. The number of amides is 1. The van der Waals surface area contributed by atoms with E-state index in [2.05, 4.69) is 28.1 Å². The molecule has 35 heavy (non-hydrogen) atoms. The first-order chi connectivity index (χ1) is 17.2. The van der Waals surface area contributed by atoms with E-state index < -0.39 is 0 Å². The zero-order chi connectivity index (χ0) is 23.6. The van der Waals surface area contributed by atoms with Crippen LogP contribution in [0.25, 0.3) is 10.9 Å². The molecule has 2 aliphatic heterocycles. The van der Waals surface area contributed by atoms with Gasteiger partial charge in [-0.3, -0.25) is 14.7 Å². The molecule has 3 aromatic rings. The lowest BCUT2D eigenvalue weighted by Crippen LogP contribution is -2.41. The zero-order valence-electron chi connectivity index (χ0n) is 20.5.